The average molecular weight is 342 g/mol. The van der Waals surface area contributed by atoms with E-state index >= 15 is 0 Å². The molecule has 0 fully saturated rings. The van der Waals surface area contributed by atoms with Crippen molar-refractivity contribution in [2.24, 2.45) is 10.1 Å². The maximum Gasteiger partial charge on any atom is 0.144 e. The zero-order valence-electron chi connectivity index (χ0n) is 14.2. The molecule has 0 amide bonds. The van der Waals surface area contributed by atoms with Gasteiger partial charge in [0.1, 0.15) is 11.4 Å². The van der Waals surface area contributed by atoms with E-state index in [1.807, 2.05) is 49.5 Å². The van der Waals surface area contributed by atoms with E-state index in [0.717, 1.165) is 33.4 Å². The van der Waals surface area contributed by atoms with Crippen LogP contribution in [0.1, 0.15) is 19.4 Å². The second-order valence-electron chi connectivity index (χ2n) is 6.22. The number of nitrogens with zero attached hydrogens (tertiary/aromatic N) is 3. The standard InChI is InChI=1S/C19H20ClN3O/c1-19(2)14-11-13(20)9-10-15(14)22-18(19)12-21-23(3)16-7-5-6-8-17(16)24-4/h5-12H,1-4H3/b21-12+. The summed E-state index contributed by atoms with van der Waals surface area (Å²) >= 11 is 6.13. The predicted molar refractivity (Wildman–Crippen MR) is 101 cm³/mol. The molecule has 2 aromatic carbocycles. The van der Waals surface area contributed by atoms with Crippen molar-refractivity contribution >= 4 is 34.9 Å². The number of hydrogen-bond acceptors (Lipinski definition) is 4. The molecule has 24 heavy (non-hydrogen) atoms. The fourth-order valence-corrected chi connectivity index (χ4v) is 2.98. The molecular weight excluding hydrogens is 322 g/mol. The van der Waals surface area contributed by atoms with Crippen LogP contribution in [0.2, 0.25) is 5.02 Å². The zero-order chi connectivity index (χ0) is 17.3. The molecule has 4 nitrogen and oxygen atoms in total. The van der Waals surface area contributed by atoms with Crippen LogP contribution in [0.4, 0.5) is 11.4 Å². The molecule has 124 valence electrons. The molecule has 1 aliphatic rings. The summed E-state index contributed by atoms with van der Waals surface area (Å²) in [6.07, 6.45) is 1.81. The van der Waals surface area contributed by atoms with Gasteiger partial charge < -0.3 is 4.74 Å². The Morgan fingerprint density at radius 1 is 1.21 bits per heavy atom. The Morgan fingerprint density at radius 3 is 2.71 bits per heavy atom. The second kappa shape index (κ2) is 6.29. The third-order valence-electron chi connectivity index (χ3n) is 4.30. The number of halogens is 1. The van der Waals surface area contributed by atoms with Gasteiger partial charge in [-0.2, -0.15) is 5.10 Å². The van der Waals surface area contributed by atoms with Gasteiger partial charge in [0.15, 0.2) is 0 Å². The third-order valence-corrected chi connectivity index (χ3v) is 4.54. The first-order valence-corrected chi connectivity index (χ1v) is 8.11. The highest BCUT2D eigenvalue weighted by atomic mass is 35.5. The van der Waals surface area contributed by atoms with E-state index in [-0.39, 0.29) is 5.41 Å². The summed E-state index contributed by atoms with van der Waals surface area (Å²) in [7, 11) is 3.54. The molecule has 0 radical (unpaired) electrons. The number of benzene rings is 2. The number of hydrazone groups is 1. The van der Waals surface area contributed by atoms with Crippen LogP contribution in [0.3, 0.4) is 0 Å². The van der Waals surface area contributed by atoms with Gasteiger partial charge in [-0.25, -0.2) is 0 Å². The lowest BCUT2D eigenvalue weighted by Gasteiger charge is -2.21. The lowest BCUT2D eigenvalue weighted by atomic mass is 9.82. The van der Waals surface area contributed by atoms with Gasteiger partial charge in [0.2, 0.25) is 0 Å². The Labute approximate surface area is 147 Å². The molecule has 0 bridgehead atoms. The van der Waals surface area contributed by atoms with Crippen molar-refractivity contribution in [3.8, 4) is 5.75 Å². The number of aliphatic imine (C=N–C) groups is 1. The number of rotatable bonds is 4. The van der Waals surface area contributed by atoms with E-state index in [9.17, 15) is 0 Å². The molecule has 0 N–H and O–H groups in total. The Balaban J connectivity index is 1.88. The molecule has 0 aromatic heterocycles. The van der Waals surface area contributed by atoms with Crippen molar-refractivity contribution in [1.29, 1.82) is 0 Å². The molecular formula is C19H20ClN3O. The predicted octanol–water partition coefficient (Wildman–Crippen LogP) is 4.83. The Morgan fingerprint density at radius 2 is 1.96 bits per heavy atom. The van der Waals surface area contributed by atoms with Gasteiger partial charge in [0, 0.05) is 17.5 Å². The second-order valence-corrected chi connectivity index (χ2v) is 6.66. The largest absolute Gasteiger partial charge is 0.495 e. The normalized spacial score (nSPS) is 15.3. The van der Waals surface area contributed by atoms with Crippen LogP contribution in [0.15, 0.2) is 52.6 Å². The van der Waals surface area contributed by atoms with Crippen molar-refractivity contribution in [3.63, 3.8) is 0 Å². The van der Waals surface area contributed by atoms with Crippen LogP contribution in [0, 0.1) is 0 Å². The number of methoxy groups -OCH3 is 1. The smallest absolute Gasteiger partial charge is 0.144 e. The molecule has 0 unspecified atom stereocenters. The SMILES string of the molecule is COc1ccccc1N(C)/N=C/C1=Nc2ccc(Cl)cc2C1(C)C. The van der Waals surface area contributed by atoms with Crippen molar-refractivity contribution in [3.05, 3.63) is 53.1 Å². The van der Waals surface area contributed by atoms with Crippen LogP contribution < -0.4 is 9.75 Å². The van der Waals surface area contributed by atoms with E-state index in [0.29, 0.717) is 0 Å². The first kappa shape index (κ1) is 16.5. The maximum atomic E-state index is 6.13. The van der Waals surface area contributed by atoms with E-state index in [2.05, 4.69) is 18.9 Å². The molecule has 0 aliphatic carbocycles. The molecule has 5 heteroatoms. The van der Waals surface area contributed by atoms with Crippen LogP contribution in [0.5, 0.6) is 5.75 Å². The molecule has 3 rings (SSSR count). The van der Waals surface area contributed by atoms with Crippen molar-refractivity contribution in [1.82, 2.24) is 0 Å². The summed E-state index contributed by atoms with van der Waals surface area (Å²) in [5, 5.41) is 7.06. The van der Waals surface area contributed by atoms with Crippen LogP contribution in [0.25, 0.3) is 0 Å². The Kier molecular flexibility index (Phi) is 4.33. The summed E-state index contributed by atoms with van der Waals surface area (Å²) in [5.41, 5.74) is 3.64. The summed E-state index contributed by atoms with van der Waals surface area (Å²) in [6.45, 7) is 4.26. The summed E-state index contributed by atoms with van der Waals surface area (Å²) in [6, 6.07) is 13.6. The third kappa shape index (κ3) is 2.89. The summed E-state index contributed by atoms with van der Waals surface area (Å²) < 4.78 is 5.38. The van der Waals surface area contributed by atoms with E-state index in [1.54, 1.807) is 18.3 Å². The first-order valence-electron chi connectivity index (χ1n) is 7.73. The van der Waals surface area contributed by atoms with Crippen molar-refractivity contribution < 1.29 is 4.74 Å². The van der Waals surface area contributed by atoms with Gasteiger partial charge in [-0.15, -0.1) is 0 Å². The Hall–Kier alpha value is -2.33. The number of fused-ring (bicyclic) bond motifs is 1. The van der Waals surface area contributed by atoms with Crippen molar-refractivity contribution in [2.75, 3.05) is 19.2 Å². The minimum Gasteiger partial charge on any atom is -0.495 e. The first-order chi connectivity index (χ1) is 11.4. The molecule has 0 saturated carbocycles. The number of ether oxygens (including phenoxy) is 1. The lowest BCUT2D eigenvalue weighted by molar-refractivity contribution is 0.415. The minimum atomic E-state index is -0.231. The quantitative estimate of drug-likeness (QED) is 0.589. The van der Waals surface area contributed by atoms with Crippen molar-refractivity contribution in [2.45, 2.75) is 19.3 Å². The maximum absolute atomic E-state index is 6.13. The van der Waals surface area contributed by atoms with Gasteiger partial charge in [-0.1, -0.05) is 37.6 Å². The van der Waals surface area contributed by atoms with Gasteiger partial charge in [0.25, 0.3) is 0 Å². The topological polar surface area (TPSA) is 37.2 Å². The number of para-hydroxylation sites is 2. The highest BCUT2D eigenvalue weighted by Gasteiger charge is 2.34. The monoisotopic (exact) mass is 341 g/mol. The average Bonchev–Trinajstić information content (AvgIpc) is 2.83. The minimum absolute atomic E-state index is 0.231. The zero-order valence-corrected chi connectivity index (χ0v) is 15.0. The highest BCUT2D eigenvalue weighted by Crippen LogP contribution is 2.40. The van der Waals surface area contributed by atoms with Crippen LogP contribution in [-0.2, 0) is 5.41 Å². The summed E-state index contributed by atoms with van der Waals surface area (Å²) in [5.74, 6) is 0.778. The van der Waals surface area contributed by atoms with Crippen LogP contribution in [-0.4, -0.2) is 26.1 Å². The molecule has 0 spiro atoms. The van der Waals surface area contributed by atoms with E-state index in [1.165, 1.54) is 0 Å². The van der Waals surface area contributed by atoms with Gasteiger partial charge in [0.05, 0.1) is 24.7 Å². The van der Waals surface area contributed by atoms with E-state index < -0.39 is 0 Å². The number of anilines is 1. The Bertz CT molecular complexity index is 827. The fraction of sp³-hybridized carbons (Fsp3) is 0.263. The molecule has 1 aliphatic heterocycles. The highest BCUT2D eigenvalue weighted by molar-refractivity contribution is 6.37. The summed E-state index contributed by atoms with van der Waals surface area (Å²) in [4.78, 5) is 4.70. The molecule has 0 atom stereocenters. The molecule has 1 heterocycles. The number of hydrogen-bond donors (Lipinski definition) is 0. The van der Waals surface area contributed by atoms with Gasteiger partial charge in [-0.05, 0) is 35.9 Å². The van der Waals surface area contributed by atoms with Gasteiger partial charge in [-0.3, -0.25) is 10.0 Å². The fourth-order valence-electron chi connectivity index (χ4n) is 2.80. The van der Waals surface area contributed by atoms with Crippen LogP contribution >= 0.6 is 11.6 Å². The molecule has 2 aromatic rings. The van der Waals surface area contributed by atoms with E-state index in [4.69, 9.17) is 21.3 Å². The molecule has 0 saturated heterocycles. The van der Waals surface area contributed by atoms with Gasteiger partial charge >= 0.3 is 0 Å². The lowest BCUT2D eigenvalue weighted by Crippen LogP contribution is -2.27.